The minimum absolute atomic E-state index is 0.0194. The number of carbonyl (C=O) groups is 1. The molecule has 1 aromatic heterocycles. The zero-order valence-corrected chi connectivity index (χ0v) is 40.7. The van der Waals surface area contributed by atoms with E-state index in [0.717, 1.165) is 27.3 Å². The van der Waals surface area contributed by atoms with E-state index >= 15 is 0 Å². The van der Waals surface area contributed by atoms with Gasteiger partial charge in [-0.05, 0) is 82.5 Å². The summed E-state index contributed by atoms with van der Waals surface area (Å²) in [5, 5.41) is 21.5. The van der Waals surface area contributed by atoms with Crippen LogP contribution in [-0.2, 0) is 43.8 Å². The SMILES string of the molecule is COc1ccc(C(OC[C@H]2O[C@@H](n3ccc(=O)[nH]c3=O)[C@H](OCOC(=O)C(C)(C)c3ccccc3[N+](=O)[O-])[C@@H]2OP(OCCC#N)N(C(C)C)C(C)C)(c2ccccc2)c2ccc(OC)cc2)cc1. The fourth-order valence-electron chi connectivity index (χ4n) is 8.30. The van der Waals surface area contributed by atoms with Gasteiger partial charge in [0.2, 0.25) is 0 Å². The fraction of sp³-hybridized carbons (Fsp3) is 0.400. The number of para-hydroxylation sites is 1. The summed E-state index contributed by atoms with van der Waals surface area (Å²) in [5.74, 6) is 0.395. The van der Waals surface area contributed by atoms with E-state index in [9.17, 15) is 29.8 Å². The Bertz CT molecular complexity index is 2600. The van der Waals surface area contributed by atoms with Crippen LogP contribution in [0.15, 0.2) is 125 Å². The summed E-state index contributed by atoms with van der Waals surface area (Å²) in [6.45, 7) is 9.97. The van der Waals surface area contributed by atoms with Gasteiger partial charge in [-0.15, -0.1) is 0 Å². The third kappa shape index (κ3) is 11.8. The number of methoxy groups -OCH3 is 2. The average molecular weight is 968 g/mol. The molecular formula is C50H58N5O13P. The number of nitrogens with one attached hydrogen (secondary N) is 1. The summed E-state index contributed by atoms with van der Waals surface area (Å²) in [6, 6.07) is 33.4. The van der Waals surface area contributed by atoms with Crippen molar-refractivity contribution >= 4 is 20.2 Å². The maximum atomic E-state index is 13.9. The van der Waals surface area contributed by atoms with Gasteiger partial charge in [-0.3, -0.25) is 29.3 Å². The monoisotopic (exact) mass is 967 g/mol. The smallest absolute Gasteiger partial charge is 0.330 e. The van der Waals surface area contributed by atoms with Crippen LogP contribution in [0.25, 0.3) is 0 Å². The van der Waals surface area contributed by atoms with Crippen molar-refractivity contribution in [3.05, 3.63) is 169 Å². The highest BCUT2D eigenvalue weighted by molar-refractivity contribution is 7.44. The van der Waals surface area contributed by atoms with Crippen LogP contribution in [0.5, 0.6) is 11.5 Å². The van der Waals surface area contributed by atoms with Crippen molar-refractivity contribution in [2.24, 2.45) is 0 Å². The van der Waals surface area contributed by atoms with Crippen LogP contribution in [0.2, 0.25) is 0 Å². The Balaban J connectivity index is 1.48. The van der Waals surface area contributed by atoms with Gasteiger partial charge in [-0.1, -0.05) is 72.8 Å². The number of esters is 1. The molecule has 0 aliphatic carbocycles. The minimum Gasteiger partial charge on any atom is -0.497 e. The van der Waals surface area contributed by atoms with Gasteiger partial charge in [-0.25, -0.2) is 9.46 Å². The van der Waals surface area contributed by atoms with E-state index in [4.69, 9.17) is 37.5 Å². The molecule has 1 N–H and O–H groups in total. The number of nitro benzene ring substituents is 1. The van der Waals surface area contributed by atoms with Crippen molar-refractivity contribution in [3.63, 3.8) is 0 Å². The molecule has 366 valence electrons. The number of aromatic amines is 1. The molecule has 1 saturated heterocycles. The van der Waals surface area contributed by atoms with E-state index in [-0.39, 0.29) is 43.0 Å². The van der Waals surface area contributed by atoms with Gasteiger partial charge in [0.15, 0.2) is 13.0 Å². The second kappa shape index (κ2) is 23.3. The molecule has 1 aliphatic rings. The highest BCUT2D eigenvalue weighted by Gasteiger charge is 2.52. The average Bonchev–Trinajstić information content (AvgIpc) is 3.67. The number of hydrogen-bond donors (Lipinski definition) is 1. The Morgan fingerprint density at radius 3 is 2.00 bits per heavy atom. The molecule has 0 saturated carbocycles. The largest absolute Gasteiger partial charge is 0.497 e. The van der Waals surface area contributed by atoms with Crippen LogP contribution >= 0.6 is 8.53 Å². The number of aromatic nitrogens is 2. The van der Waals surface area contributed by atoms with Crippen LogP contribution in [0.4, 0.5) is 5.69 Å². The van der Waals surface area contributed by atoms with Crippen molar-refractivity contribution in [2.75, 3.05) is 34.2 Å². The van der Waals surface area contributed by atoms with Crippen molar-refractivity contribution < 1.29 is 47.2 Å². The van der Waals surface area contributed by atoms with E-state index in [1.165, 1.54) is 38.2 Å². The molecule has 5 atom stereocenters. The number of hydrogen-bond acceptors (Lipinski definition) is 15. The first kappa shape index (κ1) is 52.1. The topological polar surface area (TPSA) is 216 Å². The molecule has 1 fully saturated rings. The predicted octanol–water partition coefficient (Wildman–Crippen LogP) is 7.89. The zero-order valence-electron chi connectivity index (χ0n) is 39.8. The number of nitriles is 1. The predicted molar refractivity (Wildman–Crippen MR) is 256 cm³/mol. The molecule has 19 heteroatoms. The van der Waals surface area contributed by atoms with Gasteiger partial charge in [-0.2, -0.15) is 5.26 Å². The second-order valence-electron chi connectivity index (χ2n) is 17.1. The lowest BCUT2D eigenvalue weighted by Gasteiger charge is -2.39. The van der Waals surface area contributed by atoms with Crippen LogP contribution in [0.3, 0.4) is 0 Å². The van der Waals surface area contributed by atoms with Gasteiger partial charge < -0.3 is 37.5 Å². The summed E-state index contributed by atoms with van der Waals surface area (Å²) in [4.78, 5) is 53.7. The molecule has 0 spiro atoms. The third-order valence-electron chi connectivity index (χ3n) is 11.7. The highest BCUT2D eigenvalue weighted by Crippen LogP contribution is 2.51. The van der Waals surface area contributed by atoms with Crippen LogP contribution in [0, 0.1) is 21.4 Å². The lowest BCUT2D eigenvalue weighted by Crippen LogP contribution is -2.44. The number of nitro groups is 1. The van der Waals surface area contributed by atoms with Crippen molar-refractivity contribution in [3.8, 4) is 17.6 Å². The van der Waals surface area contributed by atoms with Gasteiger partial charge in [0.05, 0.1) is 50.3 Å². The van der Waals surface area contributed by atoms with Gasteiger partial charge >= 0.3 is 11.7 Å². The standard InChI is InChI=1S/C50H58N5O13P/c1-33(2)54(34(3)4)69(66-30-14-28-51)68-44-42(31-65-50(35-15-10-9-11-16-35,36-19-23-38(61-7)24-20-36)37-21-25-39(62-8)26-22-37)67-46(53-29-27-43(56)52-48(53)58)45(44)63-32-64-47(57)49(5,6)40-17-12-13-18-41(40)55(59)60/h9-13,15-27,29,33-34,42,44-46H,14,30-32H2,1-8H3,(H,52,56,58)/t42-,44-,45-,46-,69?/m1/s1. The third-order valence-corrected chi connectivity index (χ3v) is 13.8. The molecule has 0 amide bonds. The molecule has 2 heterocycles. The molecular weight excluding hydrogens is 910 g/mol. The van der Waals surface area contributed by atoms with Gasteiger partial charge in [0, 0.05) is 36.0 Å². The number of carbonyl (C=O) groups excluding carboxylic acids is 1. The summed E-state index contributed by atoms with van der Waals surface area (Å²) >= 11 is 0. The van der Waals surface area contributed by atoms with E-state index < -0.39 is 73.0 Å². The van der Waals surface area contributed by atoms with E-state index in [2.05, 4.69) is 11.1 Å². The zero-order chi connectivity index (χ0) is 49.9. The molecule has 1 aliphatic heterocycles. The van der Waals surface area contributed by atoms with Crippen LogP contribution in [-0.4, -0.2) is 89.7 Å². The maximum absolute atomic E-state index is 13.9. The number of nitrogens with zero attached hydrogens (tertiary/aromatic N) is 4. The maximum Gasteiger partial charge on any atom is 0.330 e. The molecule has 1 unspecified atom stereocenters. The molecule has 5 aromatic rings. The first-order valence-corrected chi connectivity index (χ1v) is 23.4. The Morgan fingerprint density at radius 2 is 1.45 bits per heavy atom. The first-order chi connectivity index (χ1) is 33.1. The fourth-order valence-corrected chi connectivity index (χ4v) is 10.1. The summed E-state index contributed by atoms with van der Waals surface area (Å²) < 4.78 is 54.0. The summed E-state index contributed by atoms with van der Waals surface area (Å²) in [6.07, 6.45) is -3.58. The lowest BCUT2D eigenvalue weighted by molar-refractivity contribution is -0.386. The number of rotatable bonds is 23. The first-order valence-electron chi connectivity index (χ1n) is 22.3. The Labute approximate surface area is 401 Å². The Kier molecular flexibility index (Phi) is 17.6. The van der Waals surface area contributed by atoms with Gasteiger partial charge in [0.1, 0.15) is 35.4 Å². The molecule has 4 aromatic carbocycles. The molecule has 6 rings (SSSR count). The number of ether oxygens (including phenoxy) is 6. The van der Waals surface area contributed by atoms with Crippen molar-refractivity contribution in [1.29, 1.82) is 5.26 Å². The number of benzene rings is 4. The molecule has 69 heavy (non-hydrogen) atoms. The van der Waals surface area contributed by atoms with E-state index in [1.807, 2.05) is 111 Å². The number of H-pyrrole nitrogens is 1. The van der Waals surface area contributed by atoms with E-state index in [1.54, 1.807) is 20.3 Å². The van der Waals surface area contributed by atoms with Crippen LogP contribution < -0.4 is 20.7 Å². The highest BCUT2D eigenvalue weighted by atomic mass is 31.2. The van der Waals surface area contributed by atoms with Crippen LogP contribution in [0.1, 0.15) is 76.4 Å². The Hall–Kier alpha value is -6.29. The Morgan fingerprint density at radius 1 is 0.870 bits per heavy atom. The molecule has 0 radical (unpaired) electrons. The van der Waals surface area contributed by atoms with Gasteiger partial charge in [0.25, 0.3) is 19.8 Å². The second-order valence-corrected chi connectivity index (χ2v) is 18.5. The molecule has 0 bridgehead atoms. The lowest BCUT2D eigenvalue weighted by atomic mass is 9.80. The minimum atomic E-state index is -2.03. The summed E-state index contributed by atoms with van der Waals surface area (Å²) in [5.41, 5.74) is -2.29. The normalized spacial score (nSPS) is 17.7. The molecule has 18 nitrogen and oxygen atoms in total. The van der Waals surface area contributed by atoms with Crippen molar-refractivity contribution in [2.45, 2.75) is 95.6 Å². The quantitative estimate of drug-likeness (QED) is 0.0125. The summed E-state index contributed by atoms with van der Waals surface area (Å²) in [7, 11) is 1.13. The van der Waals surface area contributed by atoms with Crippen molar-refractivity contribution in [1.82, 2.24) is 14.2 Å². The van der Waals surface area contributed by atoms with E-state index in [0.29, 0.717) is 11.5 Å².